The maximum Gasteiger partial charge on any atom is 0.199 e. The predicted molar refractivity (Wildman–Crippen MR) is 83.8 cm³/mol. The van der Waals surface area contributed by atoms with Gasteiger partial charge in [-0.2, -0.15) is 0 Å². The summed E-state index contributed by atoms with van der Waals surface area (Å²) >= 11 is 1.84. The van der Waals surface area contributed by atoms with E-state index < -0.39 is 0 Å². The van der Waals surface area contributed by atoms with Crippen molar-refractivity contribution in [2.24, 2.45) is 0 Å². The monoisotopic (exact) mass is 266 g/mol. The van der Waals surface area contributed by atoms with Crippen molar-refractivity contribution in [1.29, 1.82) is 0 Å². The van der Waals surface area contributed by atoms with Crippen molar-refractivity contribution in [2.75, 3.05) is 14.1 Å². The molecule has 0 atom stereocenters. The van der Waals surface area contributed by atoms with E-state index in [-0.39, 0.29) is 0 Å². The minimum absolute atomic E-state index is 1.23. The first-order valence-electron chi connectivity index (χ1n) is 6.34. The number of benzene rings is 1. The number of nitrogens with zero attached hydrogens (tertiary/aromatic N) is 1. The number of hydrogen-bond donors (Lipinski definition) is 0. The van der Waals surface area contributed by atoms with Gasteiger partial charge in [-0.05, 0) is 35.4 Å². The molecule has 1 nitrogen and oxygen atoms in total. The molecule has 0 unspecified atom stereocenters. The Morgan fingerprint density at radius 2 is 1.58 bits per heavy atom. The molecule has 0 spiro atoms. The fourth-order valence-electron chi connectivity index (χ4n) is 2.11. The lowest BCUT2D eigenvalue weighted by atomic mass is 10.1. The fourth-order valence-corrected chi connectivity index (χ4v) is 3.14. The molecule has 94 valence electrons. The van der Waals surface area contributed by atoms with E-state index in [4.69, 9.17) is 0 Å². The Bertz CT molecular complexity index is 650. The molecule has 1 aliphatic carbocycles. The summed E-state index contributed by atoms with van der Waals surface area (Å²) in [7, 11) is 4.13. The van der Waals surface area contributed by atoms with Gasteiger partial charge >= 0.3 is 0 Å². The van der Waals surface area contributed by atoms with Crippen molar-refractivity contribution in [3.63, 3.8) is 0 Å². The summed E-state index contributed by atoms with van der Waals surface area (Å²) in [5.74, 6) is 0. The molecule has 0 aromatic heterocycles. The van der Waals surface area contributed by atoms with Crippen molar-refractivity contribution in [1.82, 2.24) is 0 Å². The third-order valence-corrected chi connectivity index (χ3v) is 4.40. The Balaban J connectivity index is 1.95. The maximum absolute atomic E-state index is 2.21. The van der Waals surface area contributed by atoms with E-state index in [0.717, 1.165) is 0 Å². The third kappa shape index (κ3) is 2.49. The predicted octanol–water partition coefficient (Wildman–Crippen LogP) is 3.90. The Labute approximate surface area is 118 Å². The molecule has 19 heavy (non-hydrogen) atoms. The topological polar surface area (TPSA) is 3.01 Å². The van der Waals surface area contributed by atoms with Crippen LogP contribution in [0.5, 0.6) is 0 Å². The smallest absolute Gasteiger partial charge is 0.199 e. The molecule has 0 bridgehead atoms. The molecule has 2 heteroatoms. The van der Waals surface area contributed by atoms with E-state index >= 15 is 0 Å². The van der Waals surface area contributed by atoms with Crippen LogP contribution >= 0.6 is 11.8 Å². The zero-order chi connectivity index (χ0) is 13.2. The highest BCUT2D eigenvalue weighted by molar-refractivity contribution is 8.03. The van der Waals surface area contributed by atoms with Crippen molar-refractivity contribution in [2.45, 2.75) is 4.90 Å². The van der Waals surface area contributed by atoms with E-state index in [9.17, 15) is 0 Å². The summed E-state index contributed by atoms with van der Waals surface area (Å²) in [6.45, 7) is 0. The molecule has 0 fully saturated rings. The first-order chi connectivity index (χ1) is 9.24. The number of hydrogen-bond acceptors (Lipinski definition) is 1. The standard InChI is InChI=1S/C17H16NS/c1-18(2)15-10-7-14(8-11-15)17-12-9-13-5-3-4-6-16(13)19-17/h3-12H,1-2H3/q+1. The molecule has 1 heterocycles. The Morgan fingerprint density at radius 1 is 0.842 bits per heavy atom. The zero-order valence-corrected chi connectivity index (χ0v) is 11.9. The van der Waals surface area contributed by atoms with Crippen LogP contribution in [-0.4, -0.2) is 24.4 Å². The molecular weight excluding hydrogens is 250 g/mol. The van der Waals surface area contributed by atoms with Gasteiger partial charge in [0, 0.05) is 22.0 Å². The second-order valence-corrected chi connectivity index (χ2v) is 5.86. The summed E-state index contributed by atoms with van der Waals surface area (Å²) in [5, 5.41) is 0. The van der Waals surface area contributed by atoms with Crippen LogP contribution in [0.15, 0.2) is 70.0 Å². The molecule has 0 saturated carbocycles. The van der Waals surface area contributed by atoms with Crippen molar-refractivity contribution >= 4 is 23.5 Å². The summed E-state index contributed by atoms with van der Waals surface area (Å²) in [5.41, 5.74) is 3.82. The summed E-state index contributed by atoms with van der Waals surface area (Å²) in [6, 6.07) is 8.51. The minimum Gasteiger partial charge on any atom is -0.235 e. The van der Waals surface area contributed by atoms with Gasteiger partial charge in [0.05, 0.1) is 0 Å². The van der Waals surface area contributed by atoms with E-state index in [2.05, 4.69) is 79.4 Å². The lowest BCUT2D eigenvalue weighted by Gasteiger charge is -2.14. The second-order valence-electron chi connectivity index (χ2n) is 4.78. The van der Waals surface area contributed by atoms with Crippen LogP contribution in [0.4, 0.5) is 0 Å². The Hall–Kier alpha value is -1.80. The molecule has 2 aliphatic rings. The quantitative estimate of drug-likeness (QED) is 0.644. The van der Waals surface area contributed by atoms with Crippen molar-refractivity contribution < 1.29 is 4.58 Å². The molecule has 1 aromatic rings. The minimum atomic E-state index is 1.23. The van der Waals surface area contributed by atoms with Gasteiger partial charge in [-0.3, -0.25) is 0 Å². The lowest BCUT2D eigenvalue weighted by Crippen LogP contribution is -2.09. The number of thioether (sulfide) groups is 1. The van der Waals surface area contributed by atoms with Crippen LogP contribution in [0.2, 0.25) is 0 Å². The van der Waals surface area contributed by atoms with Gasteiger partial charge in [-0.1, -0.05) is 36.0 Å². The average Bonchev–Trinajstić information content (AvgIpc) is 2.47. The van der Waals surface area contributed by atoms with Gasteiger partial charge in [-0.15, -0.1) is 0 Å². The second kappa shape index (κ2) is 5.06. The summed E-state index contributed by atoms with van der Waals surface area (Å²) in [6.07, 6.45) is 13.1. The van der Waals surface area contributed by atoms with Crippen LogP contribution < -0.4 is 0 Å². The van der Waals surface area contributed by atoms with Crippen LogP contribution in [0, 0.1) is 0 Å². The Kier molecular flexibility index (Phi) is 3.26. The van der Waals surface area contributed by atoms with Gasteiger partial charge in [0.2, 0.25) is 0 Å². The van der Waals surface area contributed by atoms with Crippen molar-refractivity contribution in [3.05, 3.63) is 70.7 Å². The number of fused-ring (bicyclic) bond motifs is 1. The van der Waals surface area contributed by atoms with Crippen LogP contribution in [-0.2, 0) is 0 Å². The molecule has 1 aliphatic heterocycles. The number of allylic oxidation sites excluding steroid dienone is 6. The number of rotatable bonds is 0. The summed E-state index contributed by atoms with van der Waals surface area (Å²) < 4.78 is 2.12. The van der Waals surface area contributed by atoms with Crippen LogP contribution in [0.25, 0.3) is 6.08 Å². The van der Waals surface area contributed by atoms with Gasteiger partial charge in [0.1, 0.15) is 14.1 Å². The molecule has 0 saturated heterocycles. The molecule has 1 aromatic carbocycles. The largest absolute Gasteiger partial charge is 0.235 e. The first kappa shape index (κ1) is 12.2. The lowest BCUT2D eigenvalue weighted by molar-refractivity contribution is -0.462. The maximum atomic E-state index is 2.21. The van der Waals surface area contributed by atoms with Gasteiger partial charge in [0.15, 0.2) is 5.71 Å². The van der Waals surface area contributed by atoms with E-state index in [0.29, 0.717) is 0 Å². The molecule has 0 N–H and O–H groups in total. The van der Waals surface area contributed by atoms with E-state index in [1.807, 2.05) is 11.8 Å². The summed E-state index contributed by atoms with van der Waals surface area (Å²) in [4.78, 5) is 2.64. The van der Waals surface area contributed by atoms with Crippen molar-refractivity contribution in [3.8, 4) is 0 Å². The SMILES string of the molecule is C[N+](C)=C1C=CC(=C2C=Cc3ccccc3S2)C=C1. The van der Waals surface area contributed by atoms with Gasteiger partial charge in [-0.25, -0.2) is 4.58 Å². The molecule has 0 radical (unpaired) electrons. The highest BCUT2D eigenvalue weighted by Gasteiger charge is 2.12. The fraction of sp³-hybridized carbons (Fsp3) is 0.118. The van der Waals surface area contributed by atoms with Crippen LogP contribution in [0.1, 0.15) is 5.56 Å². The molecule has 3 rings (SSSR count). The zero-order valence-electron chi connectivity index (χ0n) is 11.1. The van der Waals surface area contributed by atoms with E-state index in [1.54, 1.807) is 0 Å². The molecular formula is C17H16NS+. The normalized spacial score (nSPS) is 16.8. The highest BCUT2D eigenvalue weighted by atomic mass is 32.2. The van der Waals surface area contributed by atoms with Crippen LogP contribution in [0.3, 0.4) is 0 Å². The van der Waals surface area contributed by atoms with Gasteiger partial charge in [0.25, 0.3) is 0 Å². The third-order valence-electron chi connectivity index (χ3n) is 3.22. The van der Waals surface area contributed by atoms with Gasteiger partial charge < -0.3 is 0 Å². The first-order valence-corrected chi connectivity index (χ1v) is 7.15. The average molecular weight is 266 g/mol. The Morgan fingerprint density at radius 3 is 2.32 bits per heavy atom. The highest BCUT2D eigenvalue weighted by Crippen LogP contribution is 2.38. The van der Waals surface area contributed by atoms with E-state index in [1.165, 1.54) is 26.6 Å². The molecule has 0 amide bonds.